The van der Waals surface area contributed by atoms with E-state index in [0.29, 0.717) is 16.5 Å². The Morgan fingerprint density at radius 2 is 1.52 bits per heavy atom. The third kappa shape index (κ3) is 2.68. The minimum atomic E-state index is -5.92. The van der Waals surface area contributed by atoms with Crippen molar-refractivity contribution in [2.45, 2.75) is 12.1 Å². The molecule has 2 aromatic carbocycles. The van der Waals surface area contributed by atoms with Crippen LogP contribution < -0.4 is 4.74 Å². The maximum atomic E-state index is 13.0. The molecule has 0 fully saturated rings. The van der Waals surface area contributed by atoms with Gasteiger partial charge in [-0.05, 0) is 29.0 Å². The second kappa shape index (κ2) is 4.98. The molecule has 2 rings (SSSR count). The molecule has 0 aromatic heterocycles. The number of rotatable bonds is 3. The Morgan fingerprint density at radius 1 is 0.952 bits per heavy atom. The first-order chi connectivity index (χ1) is 9.66. The molecule has 0 radical (unpaired) electrons. The van der Waals surface area contributed by atoms with E-state index in [1.807, 2.05) is 0 Å². The molecule has 2 aromatic rings. The van der Waals surface area contributed by atoms with Crippen LogP contribution in [0.25, 0.3) is 10.8 Å². The average Bonchev–Trinajstić information content (AvgIpc) is 2.44. The number of alkyl halides is 5. The highest BCUT2D eigenvalue weighted by molar-refractivity contribution is 6.04. The van der Waals surface area contributed by atoms with Crippen LogP contribution in [0.1, 0.15) is 10.4 Å². The van der Waals surface area contributed by atoms with Gasteiger partial charge in [0, 0.05) is 5.56 Å². The van der Waals surface area contributed by atoms with Crippen molar-refractivity contribution in [1.29, 1.82) is 0 Å². The number of methoxy groups -OCH3 is 1. The van der Waals surface area contributed by atoms with E-state index in [9.17, 15) is 26.7 Å². The molecule has 0 saturated heterocycles. The SMILES string of the molecule is COc1ccc2cc(C(=O)C(F)(F)C(F)(F)F)ccc2c1. The molecule has 0 spiro atoms. The normalized spacial score (nSPS) is 12.5. The predicted molar refractivity (Wildman–Crippen MR) is 65.8 cm³/mol. The highest BCUT2D eigenvalue weighted by Gasteiger charge is 2.63. The Hall–Kier alpha value is -2.18. The lowest BCUT2D eigenvalue weighted by Crippen LogP contribution is -2.44. The van der Waals surface area contributed by atoms with Crippen LogP contribution in [0.2, 0.25) is 0 Å². The number of fused-ring (bicyclic) bond motifs is 1. The molecule has 0 aliphatic heterocycles. The van der Waals surface area contributed by atoms with Crippen LogP contribution in [0.5, 0.6) is 5.75 Å². The third-order valence-electron chi connectivity index (χ3n) is 2.95. The van der Waals surface area contributed by atoms with E-state index >= 15 is 0 Å². The molecule has 0 saturated carbocycles. The van der Waals surface area contributed by atoms with E-state index in [1.165, 1.54) is 25.3 Å². The zero-order valence-corrected chi connectivity index (χ0v) is 10.7. The second-order valence-electron chi connectivity index (χ2n) is 4.33. The standard InChI is InChI=1S/C14H9F5O2/c1-21-11-5-4-8-6-10(3-2-9(8)7-11)12(20)13(15,16)14(17,18)19/h2-7H,1H3. The number of halogens is 5. The molecular formula is C14H9F5O2. The molecule has 0 heterocycles. The topological polar surface area (TPSA) is 26.3 Å². The number of hydrogen-bond donors (Lipinski definition) is 0. The minimum absolute atomic E-state index is 0.361. The van der Waals surface area contributed by atoms with Gasteiger partial charge in [0.05, 0.1) is 7.11 Å². The van der Waals surface area contributed by atoms with E-state index in [-0.39, 0.29) is 0 Å². The van der Waals surface area contributed by atoms with Crippen LogP contribution in [0.4, 0.5) is 22.0 Å². The van der Waals surface area contributed by atoms with E-state index < -0.39 is 23.4 Å². The average molecular weight is 304 g/mol. The molecule has 2 nitrogen and oxygen atoms in total. The van der Waals surface area contributed by atoms with Gasteiger partial charge in [0.2, 0.25) is 5.78 Å². The first kappa shape index (κ1) is 15.2. The quantitative estimate of drug-likeness (QED) is 0.626. The maximum Gasteiger partial charge on any atom is 0.461 e. The van der Waals surface area contributed by atoms with Crippen LogP contribution in [-0.2, 0) is 0 Å². The van der Waals surface area contributed by atoms with E-state index in [0.717, 1.165) is 12.1 Å². The van der Waals surface area contributed by atoms with E-state index in [1.54, 1.807) is 6.07 Å². The zero-order valence-electron chi connectivity index (χ0n) is 10.7. The van der Waals surface area contributed by atoms with Crippen LogP contribution in [0.3, 0.4) is 0 Å². The molecule has 0 aliphatic rings. The van der Waals surface area contributed by atoms with Gasteiger partial charge < -0.3 is 4.74 Å². The van der Waals surface area contributed by atoms with Gasteiger partial charge in [-0.1, -0.05) is 18.2 Å². The number of Topliss-reactive ketones (excluding diaryl/α,β-unsaturated/α-hetero) is 1. The summed E-state index contributed by atoms with van der Waals surface area (Å²) in [5.41, 5.74) is -0.699. The Morgan fingerprint density at radius 3 is 2.10 bits per heavy atom. The molecule has 0 amide bonds. The first-order valence-corrected chi connectivity index (χ1v) is 5.74. The van der Waals surface area contributed by atoms with Crippen LogP contribution >= 0.6 is 0 Å². The summed E-state index contributed by atoms with van der Waals surface area (Å²) in [4.78, 5) is 11.4. The summed E-state index contributed by atoms with van der Waals surface area (Å²) in [5.74, 6) is -7.18. The molecule has 21 heavy (non-hydrogen) atoms. The molecule has 7 heteroatoms. The van der Waals surface area contributed by atoms with Gasteiger partial charge in [-0.2, -0.15) is 22.0 Å². The third-order valence-corrected chi connectivity index (χ3v) is 2.95. The maximum absolute atomic E-state index is 13.0. The number of carbonyl (C=O) groups is 1. The van der Waals surface area contributed by atoms with Crippen molar-refractivity contribution in [3.63, 3.8) is 0 Å². The fourth-order valence-electron chi connectivity index (χ4n) is 1.80. The number of benzene rings is 2. The number of hydrogen-bond acceptors (Lipinski definition) is 2. The lowest BCUT2D eigenvalue weighted by atomic mass is 10.0. The van der Waals surface area contributed by atoms with E-state index in [4.69, 9.17) is 4.74 Å². The monoisotopic (exact) mass is 304 g/mol. The van der Waals surface area contributed by atoms with Gasteiger partial charge in [-0.25, -0.2) is 0 Å². The Kier molecular flexibility index (Phi) is 3.61. The van der Waals surface area contributed by atoms with Crippen LogP contribution in [0.15, 0.2) is 36.4 Å². The van der Waals surface area contributed by atoms with Gasteiger partial charge in [0.15, 0.2) is 0 Å². The summed E-state index contributed by atoms with van der Waals surface area (Å²) in [6.45, 7) is 0. The molecule has 0 bridgehead atoms. The smallest absolute Gasteiger partial charge is 0.461 e. The Labute approximate surface area is 116 Å². The van der Waals surface area contributed by atoms with Crippen molar-refractivity contribution in [3.05, 3.63) is 42.0 Å². The van der Waals surface area contributed by atoms with E-state index in [2.05, 4.69) is 0 Å². The van der Waals surface area contributed by atoms with Crippen molar-refractivity contribution < 1.29 is 31.5 Å². The van der Waals surface area contributed by atoms with Gasteiger partial charge in [0.1, 0.15) is 5.75 Å². The molecule has 0 unspecified atom stereocenters. The molecule has 0 aliphatic carbocycles. The van der Waals surface area contributed by atoms with Gasteiger partial charge in [-0.3, -0.25) is 4.79 Å². The largest absolute Gasteiger partial charge is 0.497 e. The van der Waals surface area contributed by atoms with Crippen molar-refractivity contribution in [2.75, 3.05) is 7.11 Å². The summed E-state index contributed by atoms with van der Waals surface area (Å²) < 4.78 is 67.6. The number of ether oxygens (including phenoxy) is 1. The van der Waals surface area contributed by atoms with Gasteiger partial charge >= 0.3 is 12.1 Å². The summed E-state index contributed by atoms with van der Waals surface area (Å²) in [6, 6.07) is 7.78. The highest BCUT2D eigenvalue weighted by Crippen LogP contribution is 2.38. The highest BCUT2D eigenvalue weighted by atomic mass is 19.4. The van der Waals surface area contributed by atoms with Crippen molar-refractivity contribution >= 4 is 16.6 Å². The second-order valence-corrected chi connectivity index (χ2v) is 4.33. The van der Waals surface area contributed by atoms with Gasteiger partial charge in [-0.15, -0.1) is 0 Å². The zero-order chi connectivity index (χ0) is 15.8. The predicted octanol–water partition coefficient (Wildman–Crippen LogP) is 4.23. The fourth-order valence-corrected chi connectivity index (χ4v) is 1.80. The molecular weight excluding hydrogens is 295 g/mol. The number of carbonyl (C=O) groups excluding carboxylic acids is 1. The van der Waals surface area contributed by atoms with Crippen molar-refractivity contribution in [1.82, 2.24) is 0 Å². The van der Waals surface area contributed by atoms with Crippen molar-refractivity contribution in [2.24, 2.45) is 0 Å². The van der Waals surface area contributed by atoms with Crippen molar-refractivity contribution in [3.8, 4) is 5.75 Å². The fraction of sp³-hybridized carbons (Fsp3) is 0.214. The lowest BCUT2D eigenvalue weighted by molar-refractivity contribution is -0.255. The summed E-state index contributed by atoms with van der Waals surface area (Å²) in [7, 11) is 1.43. The molecule has 0 N–H and O–H groups in total. The molecule has 112 valence electrons. The summed E-state index contributed by atoms with van der Waals surface area (Å²) in [6.07, 6.45) is -5.92. The summed E-state index contributed by atoms with van der Waals surface area (Å²) in [5, 5.41) is 0.917. The Balaban J connectivity index is 2.46. The first-order valence-electron chi connectivity index (χ1n) is 5.74. The van der Waals surface area contributed by atoms with Crippen LogP contribution in [0, 0.1) is 0 Å². The molecule has 0 atom stereocenters. The summed E-state index contributed by atoms with van der Waals surface area (Å²) >= 11 is 0. The van der Waals surface area contributed by atoms with Crippen LogP contribution in [-0.4, -0.2) is 25.0 Å². The Bertz CT molecular complexity index is 691. The minimum Gasteiger partial charge on any atom is -0.497 e. The number of ketones is 1. The lowest BCUT2D eigenvalue weighted by Gasteiger charge is -2.18. The van der Waals surface area contributed by atoms with Gasteiger partial charge in [0.25, 0.3) is 0 Å².